The average Bonchev–Trinajstić information content (AvgIpc) is 3.02. The number of aromatic nitrogens is 1. The van der Waals surface area contributed by atoms with Crippen molar-refractivity contribution in [1.29, 1.82) is 0 Å². The zero-order valence-corrected chi connectivity index (χ0v) is 14.0. The van der Waals surface area contributed by atoms with Gasteiger partial charge in [0.2, 0.25) is 0 Å². The number of rotatable bonds is 2. The number of hydrogen-bond donors (Lipinski definition) is 1. The van der Waals surface area contributed by atoms with Gasteiger partial charge < -0.3 is 10.0 Å². The van der Waals surface area contributed by atoms with E-state index in [0.717, 1.165) is 16.3 Å². The molecule has 116 valence electrons. The maximum absolute atomic E-state index is 12.8. The molecule has 22 heavy (non-hydrogen) atoms. The Labute approximate surface area is 138 Å². The lowest BCUT2D eigenvalue weighted by Crippen LogP contribution is -2.33. The summed E-state index contributed by atoms with van der Waals surface area (Å²) in [5.41, 5.74) is 1.66. The molecule has 0 radical (unpaired) electrons. The number of likely N-dealkylation sites (tertiary alicyclic amines) is 1. The molecule has 0 unspecified atom stereocenters. The van der Waals surface area contributed by atoms with E-state index in [0.29, 0.717) is 22.9 Å². The summed E-state index contributed by atoms with van der Waals surface area (Å²) in [6.07, 6.45) is 0.0232. The van der Waals surface area contributed by atoms with Gasteiger partial charge >= 0.3 is 0 Å². The first-order chi connectivity index (χ1) is 10.5. The summed E-state index contributed by atoms with van der Waals surface area (Å²) in [5, 5.41) is 11.8. The number of aryl methyl sites for hydroxylation is 2. The Balaban J connectivity index is 1.93. The first kappa shape index (κ1) is 15.5. The Morgan fingerprint density at radius 3 is 2.64 bits per heavy atom. The van der Waals surface area contributed by atoms with Crippen LogP contribution in [-0.2, 0) is 0 Å². The molecule has 0 bridgehead atoms. The summed E-state index contributed by atoms with van der Waals surface area (Å²) in [4.78, 5) is 19.6. The molecule has 0 aliphatic carbocycles. The minimum atomic E-state index is -0.556. The topological polar surface area (TPSA) is 53.4 Å². The second kappa shape index (κ2) is 5.99. The van der Waals surface area contributed by atoms with Crippen LogP contribution in [0.4, 0.5) is 0 Å². The van der Waals surface area contributed by atoms with Crippen molar-refractivity contribution >= 4 is 28.8 Å². The largest absolute Gasteiger partial charge is 0.391 e. The molecule has 1 aromatic carbocycles. The van der Waals surface area contributed by atoms with Crippen LogP contribution in [0, 0.1) is 13.8 Å². The predicted molar refractivity (Wildman–Crippen MR) is 87.4 cm³/mol. The SMILES string of the molecule is Cc1nc(C)c(C(=O)N2CC[C@@H](O)[C@H]2c2ccc(Cl)cc2)s1. The molecular weight excluding hydrogens is 320 g/mol. The number of carbonyl (C=O) groups is 1. The Bertz CT molecular complexity index is 699. The zero-order valence-electron chi connectivity index (χ0n) is 12.4. The van der Waals surface area contributed by atoms with E-state index in [-0.39, 0.29) is 11.9 Å². The summed E-state index contributed by atoms with van der Waals surface area (Å²) >= 11 is 7.33. The first-order valence-electron chi connectivity index (χ1n) is 7.16. The van der Waals surface area contributed by atoms with Gasteiger partial charge in [0.15, 0.2) is 0 Å². The van der Waals surface area contributed by atoms with Crippen molar-refractivity contribution in [1.82, 2.24) is 9.88 Å². The number of amides is 1. The normalized spacial score (nSPS) is 21.4. The van der Waals surface area contributed by atoms with Crippen molar-refractivity contribution in [2.45, 2.75) is 32.4 Å². The molecule has 2 atom stereocenters. The van der Waals surface area contributed by atoms with E-state index in [1.165, 1.54) is 11.3 Å². The third kappa shape index (κ3) is 2.76. The minimum Gasteiger partial charge on any atom is -0.391 e. The maximum atomic E-state index is 12.8. The van der Waals surface area contributed by atoms with E-state index >= 15 is 0 Å². The van der Waals surface area contributed by atoms with Crippen LogP contribution < -0.4 is 0 Å². The molecule has 1 N–H and O–H groups in total. The van der Waals surface area contributed by atoms with Crippen molar-refractivity contribution in [3.63, 3.8) is 0 Å². The number of benzene rings is 1. The fraction of sp³-hybridized carbons (Fsp3) is 0.375. The molecule has 1 saturated heterocycles. The summed E-state index contributed by atoms with van der Waals surface area (Å²) in [7, 11) is 0. The number of hydrogen-bond acceptors (Lipinski definition) is 4. The molecule has 3 rings (SSSR count). The van der Waals surface area contributed by atoms with Gasteiger partial charge in [0.25, 0.3) is 5.91 Å². The molecule has 2 aromatic rings. The standard InChI is InChI=1S/C16H17ClN2O2S/c1-9-15(22-10(2)18-9)16(21)19-8-7-13(20)14(19)11-3-5-12(17)6-4-11/h3-6,13-14,20H,7-8H2,1-2H3/t13-,14-/m1/s1. The van der Waals surface area contributed by atoms with Gasteiger partial charge in [0, 0.05) is 11.6 Å². The first-order valence-corrected chi connectivity index (χ1v) is 8.35. The van der Waals surface area contributed by atoms with Gasteiger partial charge in [-0.15, -0.1) is 11.3 Å². The summed E-state index contributed by atoms with van der Waals surface area (Å²) < 4.78 is 0. The number of thiazole rings is 1. The lowest BCUT2D eigenvalue weighted by Gasteiger charge is -2.26. The molecule has 6 heteroatoms. The highest BCUT2D eigenvalue weighted by Crippen LogP contribution is 2.35. The fourth-order valence-corrected chi connectivity index (χ4v) is 3.93. The van der Waals surface area contributed by atoms with Gasteiger partial charge in [0.05, 0.1) is 22.8 Å². The van der Waals surface area contributed by atoms with E-state index in [1.54, 1.807) is 17.0 Å². The summed E-state index contributed by atoms with van der Waals surface area (Å²) in [6, 6.07) is 6.98. The third-order valence-corrected chi connectivity index (χ3v) is 5.25. The van der Waals surface area contributed by atoms with Crippen LogP contribution in [0.25, 0.3) is 0 Å². The maximum Gasteiger partial charge on any atom is 0.266 e. The smallest absolute Gasteiger partial charge is 0.266 e. The Morgan fingerprint density at radius 2 is 2.05 bits per heavy atom. The number of halogens is 1. The van der Waals surface area contributed by atoms with Gasteiger partial charge in [-0.2, -0.15) is 0 Å². The molecular formula is C16H17ClN2O2S. The third-order valence-electron chi connectivity index (χ3n) is 3.94. The van der Waals surface area contributed by atoms with Gasteiger partial charge in [-0.25, -0.2) is 4.98 Å². The lowest BCUT2D eigenvalue weighted by atomic mass is 10.0. The Hall–Kier alpha value is -1.43. The van der Waals surface area contributed by atoms with Crippen molar-refractivity contribution in [3.8, 4) is 0 Å². The van der Waals surface area contributed by atoms with Crippen molar-refractivity contribution in [3.05, 3.63) is 50.4 Å². The average molecular weight is 337 g/mol. The van der Waals surface area contributed by atoms with Crippen LogP contribution in [0.2, 0.25) is 5.02 Å². The van der Waals surface area contributed by atoms with E-state index in [2.05, 4.69) is 4.98 Å². The fourth-order valence-electron chi connectivity index (χ4n) is 2.93. The number of nitrogens with zero attached hydrogens (tertiary/aromatic N) is 2. The highest BCUT2D eigenvalue weighted by molar-refractivity contribution is 7.13. The zero-order chi connectivity index (χ0) is 15.9. The van der Waals surface area contributed by atoms with Gasteiger partial charge in [-0.05, 0) is 38.0 Å². The molecule has 1 aliphatic heterocycles. The molecule has 2 heterocycles. The van der Waals surface area contributed by atoms with Gasteiger partial charge in [0.1, 0.15) is 4.88 Å². The molecule has 4 nitrogen and oxygen atoms in total. The quantitative estimate of drug-likeness (QED) is 0.914. The van der Waals surface area contributed by atoms with Crippen molar-refractivity contribution < 1.29 is 9.90 Å². The van der Waals surface area contributed by atoms with E-state index in [1.807, 2.05) is 26.0 Å². The Morgan fingerprint density at radius 1 is 1.36 bits per heavy atom. The van der Waals surface area contributed by atoms with Crippen LogP contribution in [-0.4, -0.2) is 33.5 Å². The Kier molecular flexibility index (Phi) is 4.21. The molecule has 0 saturated carbocycles. The minimum absolute atomic E-state index is 0.0559. The van der Waals surface area contributed by atoms with E-state index in [9.17, 15) is 9.90 Å². The monoisotopic (exact) mass is 336 g/mol. The highest BCUT2D eigenvalue weighted by atomic mass is 35.5. The van der Waals surface area contributed by atoms with E-state index < -0.39 is 6.10 Å². The van der Waals surface area contributed by atoms with Crippen molar-refractivity contribution in [2.75, 3.05) is 6.54 Å². The van der Waals surface area contributed by atoms with Crippen LogP contribution in [0.3, 0.4) is 0 Å². The van der Waals surface area contributed by atoms with Crippen molar-refractivity contribution in [2.24, 2.45) is 0 Å². The predicted octanol–water partition coefficient (Wildman–Crippen LogP) is 3.36. The summed E-state index contributed by atoms with van der Waals surface area (Å²) in [6.45, 7) is 4.29. The van der Waals surface area contributed by atoms with Crippen LogP contribution >= 0.6 is 22.9 Å². The molecule has 1 amide bonds. The van der Waals surface area contributed by atoms with Crippen LogP contribution in [0.15, 0.2) is 24.3 Å². The second-order valence-electron chi connectivity index (χ2n) is 5.50. The molecule has 0 spiro atoms. The highest BCUT2D eigenvalue weighted by Gasteiger charge is 2.38. The van der Waals surface area contributed by atoms with Crippen LogP contribution in [0.5, 0.6) is 0 Å². The second-order valence-corrected chi connectivity index (χ2v) is 7.14. The number of aliphatic hydroxyl groups excluding tert-OH is 1. The summed E-state index contributed by atoms with van der Waals surface area (Å²) in [5.74, 6) is -0.0559. The number of aliphatic hydroxyl groups is 1. The lowest BCUT2D eigenvalue weighted by molar-refractivity contribution is 0.0641. The van der Waals surface area contributed by atoms with Gasteiger partial charge in [-0.3, -0.25) is 4.79 Å². The van der Waals surface area contributed by atoms with Crippen LogP contribution in [0.1, 0.15) is 38.4 Å². The molecule has 1 aliphatic rings. The molecule has 1 aromatic heterocycles. The van der Waals surface area contributed by atoms with E-state index in [4.69, 9.17) is 11.6 Å². The molecule has 1 fully saturated rings. The number of carbonyl (C=O) groups excluding carboxylic acids is 1. The van der Waals surface area contributed by atoms with Gasteiger partial charge in [-0.1, -0.05) is 23.7 Å².